The summed E-state index contributed by atoms with van der Waals surface area (Å²) in [6.45, 7) is 15.3. The lowest BCUT2D eigenvalue weighted by Crippen LogP contribution is -2.11. The van der Waals surface area contributed by atoms with Crippen molar-refractivity contribution in [2.75, 3.05) is 0 Å². The van der Waals surface area contributed by atoms with Gasteiger partial charge in [0.2, 0.25) is 5.71 Å². The lowest BCUT2D eigenvalue weighted by atomic mass is 9.85. The first-order chi connectivity index (χ1) is 13.6. The summed E-state index contributed by atoms with van der Waals surface area (Å²) in [6, 6.07) is 17.4. The number of furan rings is 1. The Morgan fingerprint density at radius 3 is 2.07 bits per heavy atom. The van der Waals surface area contributed by atoms with Crippen molar-refractivity contribution >= 4 is 11.1 Å². The van der Waals surface area contributed by atoms with Crippen molar-refractivity contribution in [3.63, 3.8) is 0 Å². The zero-order valence-electron chi connectivity index (χ0n) is 18.5. The van der Waals surface area contributed by atoms with E-state index in [2.05, 4.69) is 97.0 Å². The minimum atomic E-state index is 0.100. The van der Waals surface area contributed by atoms with Crippen LogP contribution in [0, 0.1) is 27.7 Å². The van der Waals surface area contributed by atoms with Crippen LogP contribution in [0.25, 0.3) is 33.7 Å². The van der Waals surface area contributed by atoms with Crippen LogP contribution in [0.15, 0.2) is 52.9 Å². The first-order valence-electron chi connectivity index (χ1n) is 10.2. The Bertz CT molecular complexity index is 1200. The molecule has 148 valence electrons. The van der Waals surface area contributed by atoms with E-state index >= 15 is 0 Å². The minimum absolute atomic E-state index is 0.100. The lowest BCUT2D eigenvalue weighted by Gasteiger charge is -2.20. The minimum Gasteiger partial charge on any atom is -0.438 e. The molecule has 0 aliphatic heterocycles. The molecule has 2 heterocycles. The number of pyridine rings is 1. The van der Waals surface area contributed by atoms with Gasteiger partial charge in [-0.25, -0.2) is 4.98 Å². The molecule has 0 aliphatic rings. The Kier molecular flexibility index (Phi) is 4.61. The van der Waals surface area contributed by atoms with E-state index in [0.717, 1.165) is 22.4 Å². The summed E-state index contributed by atoms with van der Waals surface area (Å²) in [6.07, 6.45) is 0. The van der Waals surface area contributed by atoms with Gasteiger partial charge in [-0.15, -0.1) is 0 Å². The Labute approximate surface area is 173 Å². The van der Waals surface area contributed by atoms with Crippen molar-refractivity contribution in [3.05, 3.63) is 76.3 Å². The van der Waals surface area contributed by atoms with Crippen LogP contribution in [-0.2, 0) is 5.41 Å². The molecule has 0 aliphatic carbocycles. The van der Waals surface area contributed by atoms with Gasteiger partial charge in [-0.05, 0) is 80.1 Å². The number of aromatic nitrogens is 1. The van der Waals surface area contributed by atoms with Crippen molar-refractivity contribution in [2.24, 2.45) is 0 Å². The zero-order chi connectivity index (χ0) is 20.9. The number of hydrogen-bond acceptors (Lipinski definition) is 2. The first-order valence-corrected chi connectivity index (χ1v) is 10.2. The van der Waals surface area contributed by atoms with Gasteiger partial charge in [0.1, 0.15) is 5.76 Å². The monoisotopic (exact) mass is 383 g/mol. The fourth-order valence-corrected chi connectivity index (χ4v) is 4.13. The molecule has 0 amide bonds. The van der Waals surface area contributed by atoms with Gasteiger partial charge in [-0.2, -0.15) is 0 Å². The molecule has 4 rings (SSSR count). The number of hydrogen-bond donors (Lipinski definition) is 0. The van der Waals surface area contributed by atoms with Crippen LogP contribution in [0.4, 0.5) is 0 Å². The molecule has 0 unspecified atom stereocenters. The van der Waals surface area contributed by atoms with Gasteiger partial charge >= 0.3 is 0 Å². The molecular weight excluding hydrogens is 354 g/mol. The second kappa shape index (κ2) is 6.88. The summed E-state index contributed by atoms with van der Waals surface area (Å²) in [5.41, 5.74) is 10.4. The highest BCUT2D eigenvalue weighted by atomic mass is 16.3. The van der Waals surface area contributed by atoms with Crippen LogP contribution >= 0.6 is 0 Å². The van der Waals surface area contributed by atoms with Gasteiger partial charge < -0.3 is 4.42 Å². The summed E-state index contributed by atoms with van der Waals surface area (Å²) < 4.78 is 6.23. The molecule has 2 aromatic carbocycles. The normalized spacial score (nSPS) is 12.0. The lowest BCUT2D eigenvalue weighted by molar-refractivity contribution is 0.590. The fraction of sp³-hybridized carbons (Fsp3) is 0.296. The largest absolute Gasteiger partial charge is 0.438 e. The Morgan fingerprint density at radius 1 is 0.759 bits per heavy atom. The van der Waals surface area contributed by atoms with Crippen LogP contribution in [0.1, 0.15) is 48.6 Å². The number of nitrogens with zero attached hydrogens (tertiary/aromatic N) is 1. The van der Waals surface area contributed by atoms with E-state index in [0.29, 0.717) is 5.71 Å². The Morgan fingerprint density at radius 2 is 1.41 bits per heavy atom. The predicted molar refractivity (Wildman–Crippen MR) is 123 cm³/mol. The van der Waals surface area contributed by atoms with Crippen LogP contribution in [0.3, 0.4) is 0 Å². The van der Waals surface area contributed by atoms with Crippen LogP contribution < -0.4 is 0 Å². The van der Waals surface area contributed by atoms with E-state index in [9.17, 15) is 0 Å². The van der Waals surface area contributed by atoms with E-state index in [1.165, 1.54) is 33.4 Å². The highest BCUT2D eigenvalue weighted by molar-refractivity contribution is 5.84. The van der Waals surface area contributed by atoms with Crippen molar-refractivity contribution in [1.29, 1.82) is 0 Å². The number of aryl methyl sites for hydroxylation is 4. The van der Waals surface area contributed by atoms with Crippen molar-refractivity contribution in [2.45, 2.75) is 53.9 Å². The van der Waals surface area contributed by atoms with Gasteiger partial charge in [0.05, 0.1) is 5.69 Å². The van der Waals surface area contributed by atoms with E-state index in [4.69, 9.17) is 9.40 Å². The first kappa shape index (κ1) is 19.4. The van der Waals surface area contributed by atoms with Crippen molar-refractivity contribution in [3.8, 4) is 22.6 Å². The highest BCUT2D eigenvalue weighted by Gasteiger charge is 2.17. The number of benzene rings is 2. The molecule has 0 atom stereocenters. The third-order valence-corrected chi connectivity index (χ3v) is 5.55. The molecule has 0 saturated heterocycles. The number of fused-ring (bicyclic) bond motifs is 1. The van der Waals surface area contributed by atoms with E-state index in [-0.39, 0.29) is 5.41 Å². The standard InChI is InChI=1S/C27H29NO/c1-16-10-18(3)25(19(4)11-16)24-15-20-8-9-23(28-26(20)29-24)21-12-17(2)13-22(14-21)27(5,6)7/h8-15H,1-7H3. The zero-order valence-corrected chi connectivity index (χ0v) is 18.5. The van der Waals surface area contributed by atoms with Crippen LogP contribution in [0.5, 0.6) is 0 Å². The average molecular weight is 384 g/mol. The maximum atomic E-state index is 6.23. The van der Waals surface area contributed by atoms with Gasteiger partial charge in [0.15, 0.2) is 0 Å². The van der Waals surface area contributed by atoms with Gasteiger partial charge in [0.25, 0.3) is 0 Å². The second-order valence-corrected chi connectivity index (χ2v) is 9.31. The summed E-state index contributed by atoms with van der Waals surface area (Å²) >= 11 is 0. The third-order valence-electron chi connectivity index (χ3n) is 5.55. The van der Waals surface area contributed by atoms with Crippen molar-refractivity contribution in [1.82, 2.24) is 4.98 Å². The van der Waals surface area contributed by atoms with E-state index in [1.807, 2.05) is 0 Å². The molecular formula is C27H29NO. The van der Waals surface area contributed by atoms with E-state index < -0.39 is 0 Å². The molecule has 4 aromatic rings. The molecule has 0 N–H and O–H groups in total. The predicted octanol–water partition coefficient (Wildman–Crippen LogP) is 7.69. The summed E-state index contributed by atoms with van der Waals surface area (Å²) in [7, 11) is 0. The van der Waals surface area contributed by atoms with Gasteiger partial charge in [0, 0.05) is 16.5 Å². The third kappa shape index (κ3) is 3.72. The molecule has 2 aromatic heterocycles. The SMILES string of the molecule is Cc1cc(-c2ccc3cc(-c4c(C)cc(C)cc4C)oc3n2)cc(C(C)(C)C)c1. The smallest absolute Gasteiger partial charge is 0.227 e. The molecule has 2 nitrogen and oxygen atoms in total. The molecule has 0 radical (unpaired) electrons. The summed E-state index contributed by atoms with van der Waals surface area (Å²) in [5.74, 6) is 0.888. The second-order valence-electron chi connectivity index (χ2n) is 9.31. The Hall–Kier alpha value is -2.87. The van der Waals surface area contributed by atoms with Gasteiger partial charge in [-0.3, -0.25) is 0 Å². The summed E-state index contributed by atoms with van der Waals surface area (Å²) in [4.78, 5) is 4.87. The quantitative estimate of drug-likeness (QED) is 0.354. The van der Waals surface area contributed by atoms with Crippen LogP contribution in [-0.4, -0.2) is 4.98 Å². The van der Waals surface area contributed by atoms with Crippen LogP contribution in [0.2, 0.25) is 0 Å². The molecule has 2 heteroatoms. The fourth-order valence-electron chi connectivity index (χ4n) is 4.13. The van der Waals surface area contributed by atoms with Crippen molar-refractivity contribution < 1.29 is 4.42 Å². The maximum absolute atomic E-state index is 6.23. The topological polar surface area (TPSA) is 26.0 Å². The molecule has 0 bridgehead atoms. The Balaban J connectivity index is 1.82. The average Bonchev–Trinajstić information content (AvgIpc) is 3.02. The summed E-state index contributed by atoms with van der Waals surface area (Å²) in [5, 5.41) is 1.03. The molecule has 0 saturated carbocycles. The maximum Gasteiger partial charge on any atom is 0.227 e. The van der Waals surface area contributed by atoms with E-state index in [1.54, 1.807) is 0 Å². The highest BCUT2D eigenvalue weighted by Crippen LogP contribution is 2.34. The van der Waals surface area contributed by atoms with Gasteiger partial charge in [-0.1, -0.05) is 50.1 Å². The molecule has 0 spiro atoms. The molecule has 0 fully saturated rings. The number of rotatable bonds is 2. The molecule has 29 heavy (non-hydrogen) atoms.